The Bertz CT molecular complexity index is 267. The predicted molar refractivity (Wildman–Crippen MR) is 43.7 cm³/mol. The van der Waals surface area contributed by atoms with Crippen molar-refractivity contribution < 1.29 is 9.90 Å². The van der Waals surface area contributed by atoms with Crippen molar-refractivity contribution in [1.82, 2.24) is 0 Å². The maximum Gasteiger partial charge on any atom is 0.173 e. The van der Waals surface area contributed by atoms with Crippen LogP contribution in [0, 0.1) is 0 Å². The van der Waals surface area contributed by atoms with Crippen molar-refractivity contribution in [1.29, 1.82) is 0 Å². The maximum absolute atomic E-state index is 10.7. The first kappa shape index (κ1) is 7.75. The number of Topliss-reactive ketones (excluding diaryl/α,β-unsaturated/α-hetero) is 1. The summed E-state index contributed by atoms with van der Waals surface area (Å²) < 4.78 is 0.586. The molecule has 0 aliphatic rings. The number of carbonyl (C=O) groups is 1. The summed E-state index contributed by atoms with van der Waals surface area (Å²) in [4.78, 5) is 11.1. The van der Waals surface area contributed by atoms with Crippen molar-refractivity contribution in [3.05, 3.63) is 14.7 Å². The normalized spacial score (nSPS) is 9.80. The number of carbonyl (C=O) groups excluding carboxylic acids is 1. The number of hydrogen-bond acceptors (Lipinski definition) is 3. The van der Waals surface area contributed by atoms with Gasteiger partial charge in [0.15, 0.2) is 11.5 Å². The summed E-state index contributed by atoms with van der Waals surface area (Å²) in [6, 6.07) is 0. The van der Waals surface area contributed by atoms with E-state index >= 15 is 0 Å². The van der Waals surface area contributed by atoms with Crippen LogP contribution in [-0.2, 0) is 0 Å². The van der Waals surface area contributed by atoms with Gasteiger partial charge in [-0.1, -0.05) is 0 Å². The molecule has 4 heteroatoms. The topological polar surface area (TPSA) is 37.3 Å². The summed E-state index contributed by atoms with van der Waals surface area (Å²) >= 11 is 4.33. The fraction of sp³-hybridized carbons (Fsp3) is 0.167. The summed E-state index contributed by atoms with van der Waals surface area (Å²) in [5.74, 6) is -0.0503. The third-order valence-corrected chi connectivity index (χ3v) is 3.02. The highest BCUT2D eigenvalue weighted by Crippen LogP contribution is 2.33. The van der Waals surface area contributed by atoms with E-state index in [1.807, 2.05) is 0 Å². The van der Waals surface area contributed by atoms with E-state index in [9.17, 15) is 4.79 Å². The molecule has 0 amide bonds. The Kier molecular flexibility index (Phi) is 2.11. The van der Waals surface area contributed by atoms with Gasteiger partial charge in [0, 0.05) is 12.3 Å². The van der Waals surface area contributed by atoms with Gasteiger partial charge in [-0.15, -0.1) is 11.3 Å². The first-order chi connectivity index (χ1) is 4.63. The van der Waals surface area contributed by atoms with Gasteiger partial charge in [0.05, 0.1) is 4.47 Å². The fourth-order valence-corrected chi connectivity index (χ4v) is 1.91. The van der Waals surface area contributed by atoms with E-state index in [1.54, 1.807) is 5.38 Å². The van der Waals surface area contributed by atoms with Crippen LogP contribution in [0.25, 0.3) is 0 Å². The average Bonchev–Trinajstić information content (AvgIpc) is 2.14. The molecule has 0 saturated heterocycles. The zero-order valence-electron chi connectivity index (χ0n) is 5.22. The third kappa shape index (κ3) is 1.22. The summed E-state index contributed by atoms with van der Waals surface area (Å²) in [6.07, 6.45) is 0. The second-order valence-electron chi connectivity index (χ2n) is 1.82. The van der Waals surface area contributed by atoms with Gasteiger partial charge in [-0.25, -0.2) is 0 Å². The van der Waals surface area contributed by atoms with Crippen LogP contribution >= 0.6 is 27.3 Å². The second kappa shape index (κ2) is 2.72. The molecule has 0 unspecified atom stereocenters. The monoisotopic (exact) mass is 220 g/mol. The molecular formula is C6H5BrO2S. The minimum absolute atomic E-state index is 0.0532. The lowest BCUT2D eigenvalue weighted by Gasteiger charge is -1.89. The van der Waals surface area contributed by atoms with E-state index in [1.165, 1.54) is 18.3 Å². The van der Waals surface area contributed by atoms with Gasteiger partial charge in [-0.2, -0.15) is 0 Å². The molecular weight excluding hydrogens is 216 g/mol. The molecule has 0 spiro atoms. The first-order valence-corrected chi connectivity index (χ1v) is 4.27. The highest BCUT2D eigenvalue weighted by molar-refractivity contribution is 9.10. The standard InChI is InChI=1S/C6H5BrO2S/c1-3(8)6-5(9)4(7)2-10-6/h2,9H,1H3. The molecule has 54 valence electrons. The first-order valence-electron chi connectivity index (χ1n) is 2.60. The quantitative estimate of drug-likeness (QED) is 0.739. The minimum atomic E-state index is -0.104. The zero-order chi connectivity index (χ0) is 7.72. The fourth-order valence-electron chi connectivity index (χ4n) is 0.580. The molecule has 0 saturated carbocycles. The number of halogens is 1. The predicted octanol–water partition coefficient (Wildman–Crippen LogP) is 2.42. The van der Waals surface area contributed by atoms with Crippen molar-refractivity contribution in [3.8, 4) is 5.75 Å². The number of hydrogen-bond donors (Lipinski definition) is 1. The number of rotatable bonds is 1. The zero-order valence-corrected chi connectivity index (χ0v) is 7.62. The molecule has 0 aliphatic carbocycles. The Morgan fingerprint density at radius 3 is 2.60 bits per heavy atom. The van der Waals surface area contributed by atoms with E-state index in [2.05, 4.69) is 15.9 Å². The largest absolute Gasteiger partial charge is 0.505 e. The van der Waals surface area contributed by atoms with E-state index in [0.29, 0.717) is 9.35 Å². The SMILES string of the molecule is CC(=O)c1scc(Br)c1O. The van der Waals surface area contributed by atoms with Crippen LogP contribution in [0.1, 0.15) is 16.6 Å². The molecule has 1 aromatic rings. The third-order valence-electron chi connectivity index (χ3n) is 1.04. The van der Waals surface area contributed by atoms with E-state index in [4.69, 9.17) is 5.11 Å². The molecule has 0 atom stereocenters. The summed E-state index contributed by atoms with van der Waals surface area (Å²) in [5.41, 5.74) is 0. The van der Waals surface area contributed by atoms with Crippen LogP contribution in [0.5, 0.6) is 5.75 Å². The van der Waals surface area contributed by atoms with Crippen molar-refractivity contribution >= 4 is 33.0 Å². The lowest BCUT2D eigenvalue weighted by atomic mass is 10.3. The average molecular weight is 221 g/mol. The summed E-state index contributed by atoms with van der Waals surface area (Å²) in [5, 5.41) is 10.8. The summed E-state index contributed by atoms with van der Waals surface area (Å²) in [6.45, 7) is 1.43. The molecule has 1 rings (SSSR count). The van der Waals surface area contributed by atoms with Gasteiger partial charge >= 0.3 is 0 Å². The van der Waals surface area contributed by atoms with E-state index < -0.39 is 0 Å². The number of thiophene rings is 1. The molecule has 0 fully saturated rings. The van der Waals surface area contributed by atoms with Crippen molar-refractivity contribution in [3.63, 3.8) is 0 Å². The Hall–Kier alpha value is -0.350. The highest BCUT2D eigenvalue weighted by atomic mass is 79.9. The Balaban J connectivity index is 3.17. The lowest BCUT2D eigenvalue weighted by Crippen LogP contribution is -1.85. The van der Waals surface area contributed by atoms with Crippen molar-refractivity contribution in [2.45, 2.75) is 6.92 Å². The van der Waals surface area contributed by atoms with Gasteiger partial charge in [0.2, 0.25) is 0 Å². The van der Waals surface area contributed by atoms with Gasteiger partial charge in [0.1, 0.15) is 4.88 Å². The number of aromatic hydroxyl groups is 1. The van der Waals surface area contributed by atoms with Gasteiger partial charge in [-0.05, 0) is 15.9 Å². The van der Waals surface area contributed by atoms with Gasteiger partial charge < -0.3 is 5.11 Å². The van der Waals surface area contributed by atoms with Crippen LogP contribution in [-0.4, -0.2) is 10.9 Å². The molecule has 2 nitrogen and oxygen atoms in total. The summed E-state index contributed by atoms with van der Waals surface area (Å²) in [7, 11) is 0. The second-order valence-corrected chi connectivity index (χ2v) is 3.55. The van der Waals surface area contributed by atoms with Crippen LogP contribution in [0.3, 0.4) is 0 Å². The molecule has 1 N–H and O–H groups in total. The molecule has 0 bridgehead atoms. The van der Waals surface area contributed by atoms with E-state index in [0.717, 1.165) is 0 Å². The minimum Gasteiger partial charge on any atom is -0.505 e. The highest BCUT2D eigenvalue weighted by Gasteiger charge is 2.11. The van der Waals surface area contributed by atoms with Crippen LogP contribution in [0.15, 0.2) is 9.85 Å². The van der Waals surface area contributed by atoms with E-state index in [-0.39, 0.29) is 11.5 Å². The Morgan fingerprint density at radius 1 is 1.80 bits per heavy atom. The maximum atomic E-state index is 10.7. The van der Waals surface area contributed by atoms with Crippen molar-refractivity contribution in [2.24, 2.45) is 0 Å². The van der Waals surface area contributed by atoms with Gasteiger partial charge in [-0.3, -0.25) is 4.79 Å². The van der Waals surface area contributed by atoms with Crippen LogP contribution in [0.2, 0.25) is 0 Å². The Labute approximate surface area is 70.6 Å². The molecule has 1 heterocycles. The molecule has 10 heavy (non-hydrogen) atoms. The van der Waals surface area contributed by atoms with Crippen molar-refractivity contribution in [2.75, 3.05) is 0 Å². The van der Waals surface area contributed by atoms with Gasteiger partial charge in [0.25, 0.3) is 0 Å². The van der Waals surface area contributed by atoms with Crippen LogP contribution < -0.4 is 0 Å². The molecule has 0 aliphatic heterocycles. The van der Waals surface area contributed by atoms with Crippen LogP contribution in [0.4, 0.5) is 0 Å². The molecule has 0 aromatic carbocycles. The molecule has 0 radical (unpaired) electrons. The molecule has 1 aromatic heterocycles. The number of ketones is 1. The Morgan fingerprint density at radius 2 is 2.40 bits per heavy atom. The lowest BCUT2D eigenvalue weighted by molar-refractivity contribution is 0.101. The smallest absolute Gasteiger partial charge is 0.173 e.